The van der Waals surface area contributed by atoms with E-state index in [1.54, 1.807) is 0 Å². The van der Waals surface area contributed by atoms with Gasteiger partial charge in [0.1, 0.15) is 0 Å². The molecule has 0 aliphatic carbocycles. The van der Waals surface area contributed by atoms with Crippen LogP contribution in [0.1, 0.15) is 38.3 Å². The highest BCUT2D eigenvalue weighted by Crippen LogP contribution is 2.31. The van der Waals surface area contributed by atoms with Gasteiger partial charge in [-0.3, -0.25) is 4.90 Å². The first-order valence-corrected chi connectivity index (χ1v) is 7.11. The van der Waals surface area contributed by atoms with Gasteiger partial charge in [0.2, 0.25) is 0 Å². The summed E-state index contributed by atoms with van der Waals surface area (Å²) in [7, 11) is 2.06. The maximum atomic E-state index is 6.28. The topological polar surface area (TPSA) is 15.3 Å². The van der Waals surface area contributed by atoms with Crippen molar-refractivity contribution in [2.24, 2.45) is 0 Å². The Bertz CT molecular complexity index is 397. The molecule has 1 aromatic rings. The molecule has 1 heterocycles. The van der Waals surface area contributed by atoms with Crippen LogP contribution in [0.15, 0.2) is 24.3 Å². The molecule has 1 aliphatic rings. The maximum absolute atomic E-state index is 6.28. The number of hydrogen-bond donors (Lipinski definition) is 1. The van der Waals surface area contributed by atoms with Crippen molar-refractivity contribution in [3.05, 3.63) is 34.9 Å². The van der Waals surface area contributed by atoms with Gasteiger partial charge in [-0.1, -0.05) is 29.8 Å². The molecule has 0 spiro atoms. The molecule has 2 rings (SSSR count). The van der Waals surface area contributed by atoms with Crippen LogP contribution in [0, 0.1) is 0 Å². The number of likely N-dealkylation sites (tertiary alicyclic amines) is 1. The molecule has 0 saturated carbocycles. The highest BCUT2D eigenvalue weighted by atomic mass is 35.5. The number of rotatable bonds is 3. The second-order valence-corrected chi connectivity index (χ2v) is 5.95. The number of nitrogens with one attached hydrogen (secondary N) is 1. The lowest BCUT2D eigenvalue weighted by molar-refractivity contribution is 0.117. The highest BCUT2D eigenvalue weighted by Gasteiger charge is 2.30. The van der Waals surface area contributed by atoms with E-state index in [1.165, 1.54) is 18.4 Å². The Labute approximate surface area is 115 Å². The largest absolute Gasteiger partial charge is 0.314 e. The van der Waals surface area contributed by atoms with Crippen molar-refractivity contribution in [3.8, 4) is 0 Å². The zero-order chi connectivity index (χ0) is 13.2. The Balaban J connectivity index is 2.04. The number of benzene rings is 1. The van der Waals surface area contributed by atoms with E-state index >= 15 is 0 Å². The van der Waals surface area contributed by atoms with Gasteiger partial charge in [0.15, 0.2) is 0 Å². The summed E-state index contributed by atoms with van der Waals surface area (Å²) in [6, 6.07) is 8.58. The minimum Gasteiger partial charge on any atom is -0.314 e. The second-order valence-electron chi connectivity index (χ2n) is 5.54. The smallest absolute Gasteiger partial charge is 0.0453 e. The van der Waals surface area contributed by atoms with E-state index in [9.17, 15) is 0 Å². The Morgan fingerprint density at radius 1 is 1.28 bits per heavy atom. The van der Waals surface area contributed by atoms with Gasteiger partial charge in [0.05, 0.1) is 0 Å². The summed E-state index contributed by atoms with van der Waals surface area (Å²) in [4.78, 5) is 2.53. The fourth-order valence-corrected chi connectivity index (χ4v) is 2.96. The average molecular weight is 267 g/mol. The van der Waals surface area contributed by atoms with Crippen molar-refractivity contribution in [1.82, 2.24) is 10.2 Å². The summed E-state index contributed by atoms with van der Waals surface area (Å²) in [5, 5.41) is 4.32. The van der Waals surface area contributed by atoms with Crippen LogP contribution in [0.4, 0.5) is 0 Å². The fourth-order valence-electron chi connectivity index (χ4n) is 2.67. The molecule has 18 heavy (non-hydrogen) atoms. The van der Waals surface area contributed by atoms with Crippen LogP contribution < -0.4 is 5.32 Å². The van der Waals surface area contributed by atoms with Crippen LogP contribution >= 0.6 is 11.6 Å². The van der Waals surface area contributed by atoms with Crippen LogP contribution in [-0.4, -0.2) is 30.6 Å². The molecule has 1 atom stereocenters. The SMILES string of the molecule is CNC1(C)CCN(C(C)c2ccccc2Cl)CC1. The minimum absolute atomic E-state index is 0.302. The molecular formula is C15H23ClN2. The standard InChI is InChI=1S/C15H23ClN2/c1-12(13-6-4-5-7-14(13)16)18-10-8-15(2,17-3)9-11-18/h4-7,12,17H,8-11H2,1-3H3. The zero-order valence-electron chi connectivity index (χ0n) is 11.5. The summed E-state index contributed by atoms with van der Waals surface area (Å²) in [5.74, 6) is 0. The first-order chi connectivity index (χ1) is 8.56. The molecular weight excluding hydrogens is 244 g/mol. The van der Waals surface area contributed by atoms with E-state index < -0.39 is 0 Å². The lowest BCUT2D eigenvalue weighted by Crippen LogP contribution is -2.50. The molecule has 1 saturated heterocycles. The van der Waals surface area contributed by atoms with Crippen LogP contribution in [0.5, 0.6) is 0 Å². The van der Waals surface area contributed by atoms with E-state index in [0.29, 0.717) is 11.6 Å². The van der Waals surface area contributed by atoms with Crippen LogP contribution in [-0.2, 0) is 0 Å². The summed E-state index contributed by atoms with van der Waals surface area (Å²) < 4.78 is 0. The normalized spacial score (nSPS) is 21.8. The third-order valence-electron chi connectivity index (χ3n) is 4.41. The van der Waals surface area contributed by atoms with Crippen molar-refractivity contribution >= 4 is 11.6 Å². The number of hydrogen-bond acceptors (Lipinski definition) is 2. The third kappa shape index (κ3) is 2.87. The summed E-state index contributed by atoms with van der Waals surface area (Å²) in [6.45, 7) is 6.82. The first-order valence-electron chi connectivity index (χ1n) is 6.73. The van der Waals surface area contributed by atoms with Gasteiger partial charge < -0.3 is 5.32 Å². The number of halogens is 1. The van der Waals surface area contributed by atoms with Crippen molar-refractivity contribution in [2.45, 2.75) is 38.3 Å². The molecule has 2 nitrogen and oxygen atoms in total. The maximum Gasteiger partial charge on any atom is 0.0453 e. The molecule has 0 aromatic heterocycles. The van der Waals surface area contributed by atoms with E-state index in [1.807, 2.05) is 12.1 Å². The predicted octanol–water partition coefficient (Wildman–Crippen LogP) is 3.47. The van der Waals surface area contributed by atoms with Gasteiger partial charge >= 0.3 is 0 Å². The molecule has 1 N–H and O–H groups in total. The molecule has 100 valence electrons. The van der Waals surface area contributed by atoms with Crippen LogP contribution in [0.25, 0.3) is 0 Å². The first kappa shape index (κ1) is 13.9. The Kier molecular flexibility index (Phi) is 4.31. The quantitative estimate of drug-likeness (QED) is 0.901. The van der Waals surface area contributed by atoms with Crippen LogP contribution in [0.3, 0.4) is 0 Å². The number of piperidine rings is 1. The Hall–Kier alpha value is -0.570. The Morgan fingerprint density at radius 2 is 1.89 bits per heavy atom. The Morgan fingerprint density at radius 3 is 2.44 bits per heavy atom. The van der Waals surface area contributed by atoms with Crippen LogP contribution in [0.2, 0.25) is 5.02 Å². The molecule has 0 amide bonds. The number of nitrogens with zero attached hydrogens (tertiary/aromatic N) is 1. The van der Waals surface area contributed by atoms with Crippen molar-refractivity contribution in [2.75, 3.05) is 20.1 Å². The van der Waals surface area contributed by atoms with Crippen molar-refractivity contribution < 1.29 is 0 Å². The molecule has 1 fully saturated rings. The second kappa shape index (κ2) is 5.60. The molecule has 1 unspecified atom stereocenters. The van der Waals surface area contributed by atoms with Gasteiger partial charge in [-0.2, -0.15) is 0 Å². The van der Waals surface area contributed by atoms with Crippen molar-refractivity contribution in [3.63, 3.8) is 0 Å². The molecule has 1 aromatic carbocycles. The van der Waals surface area contributed by atoms with Crippen molar-refractivity contribution in [1.29, 1.82) is 0 Å². The van der Waals surface area contributed by atoms with Gasteiger partial charge in [-0.05, 0) is 45.4 Å². The predicted molar refractivity (Wildman–Crippen MR) is 78.1 cm³/mol. The highest BCUT2D eigenvalue weighted by molar-refractivity contribution is 6.31. The van der Waals surface area contributed by atoms with E-state index in [2.05, 4.69) is 43.2 Å². The lowest BCUT2D eigenvalue weighted by Gasteiger charge is -2.42. The molecule has 1 aliphatic heterocycles. The van der Waals surface area contributed by atoms with E-state index in [4.69, 9.17) is 11.6 Å². The fraction of sp³-hybridized carbons (Fsp3) is 0.600. The molecule has 3 heteroatoms. The summed E-state index contributed by atoms with van der Waals surface area (Å²) in [6.07, 6.45) is 2.39. The lowest BCUT2D eigenvalue weighted by atomic mass is 9.88. The molecule has 0 bridgehead atoms. The third-order valence-corrected chi connectivity index (χ3v) is 4.75. The van der Waals surface area contributed by atoms with Gasteiger partial charge in [0, 0.05) is 29.7 Å². The van der Waals surface area contributed by atoms with E-state index in [0.717, 1.165) is 18.1 Å². The van der Waals surface area contributed by atoms with Gasteiger partial charge in [-0.25, -0.2) is 0 Å². The van der Waals surface area contributed by atoms with Gasteiger partial charge in [-0.15, -0.1) is 0 Å². The zero-order valence-corrected chi connectivity index (χ0v) is 12.3. The summed E-state index contributed by atoms with van der Waals surface area (Å²) in [5.41, 5.74) is 1.55. The molecule has 0 radical (unpaired) electrons. The average Bonchev–Trinajstić information content (AvgIpc) is 2.39. The van der Waals surface area contributed by atoms with Gasteiger partial charge in [0.25, 0.3) is 0 Å². The minimum atomic E-state index is 0.302. The summed E-state index contributed by atoms with van der Waals surface area (Å²) >= 11 is 6.28. The van der Waals surface area contributed by atoms with E-state index in [-0.39, 0.29) is 0 Å². The monoisotopic (exact) mass is 266 g/mol.